The molecule has 2 aliphatic rings. The van der Waals surface area contributed by atoms with Gasteiger partial charge in [0, 0.05) is 13.1 Å². The molecule has 1 N–H and O–H groups in total. The maximum Gasteiger partial charge on any atom is 0.307 e. The standard InChI is InChI=1S/C14H21NO3/c1-2-15(9-10-7-8-10)13(16)11-5-3-4-6-12(11)14(17)18/h3-4,10-12H,2,5-9H2,1H3,(H,17,18). The fourth-order valence-corrected chi connectivity index (χ4v) is 2.58. The minimum Gasteiger partial charge on any atom is -0.481 e. The molecule has 0 aromatic heterocycles. The van der Waals surface area contributed by atoms with Gasteiger partial charge in [-0.2, -0.15) is 0 Å². The topological polar surface area (TPSA) is 57.6 Å². The Hall–Kier alpha value is -1.32. The van der Waals surface area contributed by atoms with E-state index >= 15 is 0 Å². The Bertz CT molecular complexity index is 360. The molecule has 0 saturated heterocycles. The first-order valence-corrected chi connectivity index (χ1v) is 6.80. The molecule has 0 bridgehead atoms. The van der Waals surface area contributed by atoms with Gasteiger partial charge in [-0.15, -0.1) is 0 Å². The van der Waals surface area contributed by atoms with Crippen molar-refractivity contribution in [1.29, 1.82) is 0 Å². The van der Waals surface area contributed by atoms with Gasteiger partial charge in [0.1, 0.15) is 0 Å². The highest BCUT2D eigenvalue weighted by atomic mass is 16.4. The summed E-state index contributed by atoms with van der Waals surface area (Å²) in [6, 6.07) is 0. The number of carboxylic acid groups (broad SMARTS) is 1. The van der Waals surface area contributed by atoms with E-state index in [1.54, 1.807) is 0 Å². The van der Waals surface area contributed by atoms with E-state index in [4.69, 9.17) is 0 Å². The van der Waals surface area contributed by atoms with E-state index in [9.17, 15) is 14.7 Å². The molecule has 2 unspecified atom stereocenters. The number of amides is 1. The van der Waals surface area contributed by atoms with Crippen molar-refractivity contribution >= 4 is 11.9 Å². The molecule has 0 aromatic carbocycles. The summed E-state index contributed by atoms with van der Waals surface area (Å²) in [5, 5.41) is 9.20. The number of rotatable bonds is 5. The summed E-state index contributed by atoms with van der Waals surface area (Å²) < 4.78 is 0. The van der Waals surface area contributed by atoms with E-state index in [0.717, 1.165) is 6.54 Å². The Kier molecular flexibility index (Phi) is 4.04. The van der Waals surface area contributed by atoms with E-state index in [0.29, 0.717) is 25.3 Å². The molecule has 0 heterocycles. The Morgan fingerprint density at radius 3 is 2.33 bits per heavy atom. The summed E-state index contributed by atoms with van der Waals surface area (Å²) in [7, 11) is 0. The van der Waals surface area contributed by atoms with E-state index in [-0.39, 0.29) is 11.8 Å². The minimum absolute atomic E-state index is 0.0288. The van der Waals surface area contributed by atoms with Gasteiger partial charge in [0.05, 0.1) is 11.8 Å². The van der Waals surface area contributed by atoms with Crippen LogP contribution in [0.4, 0.5) is 0 Å². The van der Waals surface area contributed by atoms with Gasteiger partial charge in [0.25, 0.3) is 0 Å². The molecule has 2 atom stereocenters. The quantitative estimate of drug-likeness (QED) is 0.759. The van der Waals surface area contributed by atoms with Crippen molar-refractivity contribution in [2.45, 2.75) is 32.6 Å². The maximum atomic E-state index is 12.4. The van der Waals surface area contributed by atoms with E-state index in [1.165, 1.54) is 12.8 Å². The van der Waals surface area contributed by atoms with E-state index in [1.807, 2.05) is 24.0 Å². The number of nitrogens with zero attached hydrogens (tertiary/aromatic N) is 1. The SMILES string of the molecule is CCN(CC1CC1)C(=O)C1CC=CCC1C(=O)O. The van der Waals surface area contributed by atoms with Crippen molar-refractivity contribution in [3.05, 3.63) is 12.2 Å². The number of carboxylic acids is 1. The van der Waals surface area contributed by atoms with E-state index in [2.05, 4.69) is 0 Å². The van der Waals surface area contributed by atoms with Crippen molar-refractivity contribution in [2.24, 2.45) is 17.8 Å². The average molecular weight is 251 g/mol. The van der Waals surface area contributed by atoms with Crippen LogP contribution in [0.15, 0.2) is 12.2 Å². The highest BCUT2D eigenvalue weighted by Crippen LogP contribution is 2.32. The molecule has 0 spiro atoms. The molecule has 100 valence electrons. The smallest absolute Gasteiger partial charge is 0.307 e. The first-order valence-electron chi connectivity index (χ1n) is 6.80. The number of allylic oxidation sites excluding steroid dienone is 2. The molecular weight excluding hydrogens is 230 g/mol. The third kappa shape index (κ3) is 2.92. The van der Waals surface area contributed by atoms with Crippen LogP contribution < -0.4 is 0 Å². The Balaban J connectivity index is 2.04. The second kappa shape index (κ2) is 5.55. The van der Waals surface area contributed by atoms with Crippen LogP contribution in [0.1, 0.15) is 32.6 Å². The summed E-state index contributed by atoms with van der Waals surface area (Å²) in [4.78, 5) is 25.5. The lowest BCUT2D eigenvalue weighted by molar-refractivity contribution is -0.150. The number of hydrogen-bond acceptors (Lipinski definition) is 2. The molecule has 0 aromatic rings. The van der Waals surface area contributed by atoms with Gasteiger partial charge in [-0.05, 0) is 38.5 Å². The molecule has 1 saturated carbocycles. The summed E-state index contributed by atoms with van der Waals surface area (Å²) in [6.45, 7) is 3.46. The van der Waals surface area contributed by atoms with Crippen LogP contribution in [0.25, 0.3) is 0 Å². The van der Waals surface area contributed by atoms with Crippen molar-refractivity contribution in [2.75, 3.05) is 13.1 Å². The highest BCUT2D eigenvalue weighted by Gasteiger charge is 2.37. The lowest BCUT2D eigenvalue weighted by atomic mass is 9.82. The molecule has 4 nitrogen and oxygen atoms in total. The van der Waals surface area contributed by atoms with Crippen LogP contribution in [0.3, 0.4) is 0 Å². The van der Waals surface area contributed by atoms with Gasteiger partial charge in [0.2, 0.25) is 5.91 Å². The summed E-state index contributed by atoms with van der Waals surface area (Å²) >= 11 is 0. The zero-order valence-electron chi connectivity index (χ0n) is 10.8. The average Bonchev–Trinajstić information content (AvgIpc) is 3.19. The van der Waals surface area contributed by atoms with Crippen LogP contribution >= 0.6 is 0 Å². The van der Waals surface area contributed by atoms with Crippen molar-refractivity contribution in [3.8, 4) is 0 Å². The minimum atomic E-state index is -0.847. The van der Waals surface area contributed by atoms with Gasteiger partial charge in [-0.3, -0.25) is 9.59 Å². The molecule has 1 fully saturated rings. The van der Waals surface area contributed by atoms with Crippen LogP contribution in [-0.2, 0) is 9.59 Å². The second-order valence-electron chi connectivity index (χ2n) is 5.31. The molecule has 0 radical (unpaired) electrons. The number of carbonyl (C=O) groups is 2. The van der Waals surface area contributed by atoms with Gasteiger partial charge >= 0.3 is 5.97 Å². The van der Waals surface area contributed by atoms with Crippen molar-refractivity contribution in [1.82, 2.24) is 4.90 Å². The van der Waals surface area contributed by atoms with Crippen LogP contribution in [0.5, 0.6) is 0 Å². The fourth-order valence-electron chi connectivity index (χ4n) is 2.58. The summed E-state index contributed by atoms with van der Waals surface area (Å²) in [6.07, 6.45) is 7.27. The van der Waals surface area contributed by atoms with Gasteiger partial charge in [-0.1, -0.05) is 12.2 Å². The Morgan fingerprint density at radius 1 is 1.22 bits per heavy atom. The zero-order valence-corrected chi connectivity index (χ0v) is 10.8. The van der Waals surface area contributed by atoms with Gasteiger partial charge < -0.3 is 10.0 Å². The first kappa shape index (κ1) is 13.1. The highest BCUT2D eigenvalue weighted by molar-refractivity contribution is 5.85. The molecule has 2 aliphatic carbocycles. The summed E-state index contributed by atoms with van der Waals surface area (Å²) in [5.41, 5.74) is 0. The number of carbonyl (C=O) groups excluding carboxylic acids is 1. The monoisotopic (exact) mass is 251 g/mol. The number of hydrogen-bond donors (Lipinski definition) is 1. The largest absolute Gasteiger partial charge is 0.481 e. The third-order valence-corrected chi connectivity index (χ3v) is 3.94. The van der Waals surface area contributed by atoms with Gasteiger partial charge in [-0.25, -0.2) is 0 Å². The summed E-state index contributed by atoms with van der Waals surface area (Å²) in [5.74, 6) is -1.08. The normalized spacial score (nSPS) is 26.9. The lowest BCUT2D eigenvalue weighted by Crippen LogP contribution is -2.42. The fraction of sp³-hybridized carbons (Fsp3) is 0.714. The Morgan fingerprint density at radius 2 is 1.83 bits per heavy atom. The lowest BCUT2D eigenvalue weighted by Gasteiger charge is -2.30. The third-order valence-electron chi connectivity index (χ3n) is 3.94. The molecule has 0 aliphatic heterocycles. The Labute approximate surface area is 108 Å². The molecule has 18 heavy (non-hydrogen) atoms. The molecular formula is C14H21NO3. The van der Waals surface area contributed by atoms with Crippen molar-refractivity contribution in [3.63, 3.8) is 0 Å². The van der Waals surface area contributed by atoms with Crippen molar-refractivity contribution < 1.29 is 14.7 Å². The first-order chi connectivity index (χ1) is 8.63. The van der Waals surface area contributed by atoms with Crippen LogP contribution in [-0.4, -0.2) is 35.0 Å². The molecule has 4 heteroatoms. The van der Waals surface area contributed by atoms with Gasteiger partial charge in [0.15, 0.2) is 0 Å². The predicted octanol–water partition coefficient (Wildman–Crippen LogP) is 1.91. The second-order valence-corrected chi connectivity index (χ2v) is 5.31. The predicted molar refractivity (Wildman–Crippen MR) is 68.0 cm³/mol. The van der Waals surface area contributed by atoms with Crippen LogP contribution in [0, 0.1) is 17.8 Å². The van der Waals surface area contributed by atoms with E-state index < -0.39 is 11.9 Å². The maximum absolute atomic E-state index is 12.4. The van der Waals surface area contributed by atoms with Crippen LogP contribution in [0.2, 0.25) is 0 Å². The molecule has 2 rings (SSSR count). The number of aliphatic carboxylic acids is 1. The zero-order chi connectivity index (χ0) is 13.1. The molecule has 1 amide bonds.